The van der Waals surface area contributed by atoms with Gasteiger partial charge in [-0.05, 0) is 16.4 Å². The van der Waals surface area contributed by atoms with Gasteiger partial charge in [0.25, 0.3) is 5.91 Å². The van der Waals surface area contributed by atoms with Crippen LogP contribution in [0.25, 0.3) is 11.0 Å². The normalized spacial score (nSPS) is 10.3. The van der Waals surface area contributed by atoms with Gasteiger partial charge in [-0.25, -0.2) is 4.63 Å². The lowest BCUT2D eigenvalue weighted by atomic mass is 10.2. The SMILES string of the molecule is CCC(=O)[N]Nc1ccc([N+](=O)[O-])c2nonc12. The first-order valence-corrected chi connectivity index (χ1v) is 5.02. The summed E-state index contributed by atoms with van der Waals surface area (Å²) in [6, 6.07) is 2.62. The van der Waals surface area contributed by atoms with Crippen LogP contribution >= 0.6 is 0 Å². The highest BCUT2D eigenvalue weighted by molar-refractivity contribution is 5.93. The third-order valence-electron chi connectivity index (χ3n) is 2.19. The van der Waals surface area contributed by atoms with E-state index in [9.17, 15) is 14.9 Å². The van der Waals surface area contributed by atoms with Crippen molar-refractivity contribution in [3.8, 4) is 0 Å². The van der Waals surface area contributed by atoms with Gasteiger partial charge in [-0.3, -0.25) is 20.3 Å². The van der Waals surface area contributed by atoms with Gasteiger partial charge in [0.05, 0.1) is 10.6 Å². The Kier molecular flexibility index (Phi) is 3.04. The summed E-state index contributed by atoms with van der Waals surface area (Å²) in [5.41, 5.74) is 6.28. The largest absolute Gasteiger partial charge is 0.300 e. The molecule has 0 saturated carbocycles. The molecule has 9 nitrogen and oxygen atoms in total. The molecule has 18 heavy (non-hydrogen) atoms. The molecule has 2 aromatic rings. The Balaban J connectivity index is 2.36. The van der Waals surface area contributed by atoms with Crippen LogP contribution in [0.2, 0.25) is 0 Å². The molecule has 0 fully saturated rings. The van der Waals surface area contributed by atoms with E-state index < -0.39 is 4.92 Å². The number of carbonyl (C=O) groups excluding carboxylic acids is 1. The van der Waals surface area contributed by atoms with Crippen molar-refractivity contribution in [1.29, 1.82) is 0 Å². The lowest BCUT2D eigenvalue weighted by Gasteiger charge is -2.03. The predicted octanol–water partition coefficient (Wildman–Crippen LogP) is 0.999. The van der Waals surface area contributed by atoms with Crippen molar-refractivity contribution in [3.63, 3.8) is 0 Å². The molecule has 0 aliphatic carbocycles. The molecule has 93 valence electrons. The van der Waals surface area contributed by atoms with Crippen molar-refractivity contribution >= 4 is 28.3 Å². The quantitative estimate of drug-likeness (QED) is 0.633. The summed E-state index contributed by atoms with van der Waals surface area (Å²) in [4.78, 5) is 21.2. The molecular weight excluding hydrogens is 242 g/mol. The van der Waals surface area contributed by atoms with Gasteiger partial charge in [0.1, 0.15) is 0 Å². The van der Waals surface area contributed by atoms with Gasteiger partial charge in [0.2, 0.25) is 5.52 Å². The van der Waals surface area contributed by atoms with Crippen LogP contribution in [0.5, 0.6) is 0 Å². The number of hydrogen-bond donors (Lipinski definition) is 1. The van der Waals surface area contributed by atoms with E-state index >= 15 is 0 Å². The van der Waals surface area contributed by atoms with Gasteiger partial charge < -0.3 is 0 Å². The number of benzene rings is 1. The van der Waals surface area contributed by atoms with Gasteiger partial charge in [-0.2, -0.15) is 0 Å². The highest BCUT2D eigenvalue weighted by atomic mass is 16.6. The van der Waals surface area contributed by atoms with Gasteiger partial charge in [0, 0.05) is 12.5 Å². The van der Waals surface area contributed by atoms with Gasteiger partial charge in [0.15, 0.2) is 5.52 Å². The molecule has 1 aromatic carbocycles. The highest BCUT2D eigenvalue weighted by Gasteiger charge is 2.19. The molecule has 0 saturated heterocycles. The van der Waals surface area contributed by atoms with E-state index in [1.165, 1.54) is 12.1 Å². The third kappa shape index (κ3) is 2.05. The summed E-state index contributed by atoms with van der Waals surface area (Å²) in [7, 11) is 0. The fourth-order valence-corrected chi connectivity index (χ4v) is 1.29. The second-order valence-corrected chi connectivity index (χ2v) is 3.32. The Hall–Kier alpha value is -2.71. The molecule has 1 N–H and O–H groups in total. The maximum atomic E-state index is 11.0. The molecule has 1 amide bonds. The molecule has 0 aliphatic rings. The topological polar surface area (TPSA) is 125 Å². The van der Waals surface area contributed by atoms with Crippen LogP contribution in [0.4, 0.5) is 11.4 Å². The monoisotopic (exact) mass is 250 g/mol. The molecule has 0 atom stereocenters. The van der Waals surface area contributed by atoms with E-state index in [0.717, 1.165) is 0 Å². The average Bonchev–Trinajstić information content (AvgIpc) is 2.84. The van der Waals surface area contributed by atoms with Crippen molar-refractivity contribution in [3.05, 3.63) is 22.2 Å². The Morgan fingerprint density at radius 3 is 2.89 bits per heavy atom. The maximum Gasteiger partial charge on any atom is 0.300 e. The highest BCUT2D eigenvalue weighted by Crippen LogP contribution is 2.28. The summed E-state index contributed by atoms with van der Waals surface area (Å²) >= 11 is 0. The van der Waals surface area contributed by atoms with Gasteiger partial charge in [-0.1, -0.05) is 6.92 Å². The molecule has 9 heteroatoms. The molecule has 0 aliphatic heterocycles. The number of nitro benzene ring substituents is 1. The molecule has 0 bridgehead atoms. The van der Waals surface area contributed by atoms with E-state index in [-0.39, 0.29) is 29.0 Å². The molecule has 0 spiro atoms. The number of non-ortho nitro benzene ring substituents is 1. The summed E-state index contributed by atoms with van der Waals surface area (Å²) in [6.45, 7) is 1.66. The summed E-state index contributed by atoms with van der Waals surface area (Å²) in [6.07, 6.45) is 0.250. The van der Waals surface area contributed by atoms with E-state index in [1.807, 2.05) is 0 Å². The van der Waals surface area contributed by atoms with Crippen LogP contribution in [-0.4, -0.2) is 21.1 Å². The minimum absolute atomic E-state index is 0.00384. The van der Waals surface area contributed by atoms with Crippen molar-refractivity contribution in [1.82, 2.24) is 15.7 Å². The minimum atomic E-state index is -0.593. The Labute approximate surface area is 100 Å². The third-order valence-corrected chi connectivity index (χ3v) is 2.19. The van der Waals surface area contributed by atoms with Gasteiger partial charge in [-0.15, -0.1) is 5.43 Å². The first-order chi connectivity index (χ1) is 8.63. The lowest BCUT2D eigenvalue weighted by Crippen LogP contribution is -2.20. The fraction of sp³-hybridized carbons (Fsp3) is 0.222. The Morgan fingerprint density at radius 2 is 2.22 bits per heavy atom. The van der Waals surface area contributed by atoms with E-state index in [0.29, 0.717) is 5.69 Å². The standard InChI is InChI=1S/C9H8N5O4/c1-2-7(15)11-10-5-3-4-6(14(16)17)9-8(5)12-18-13-9/h3-4,10H,2H2,1H3. The van der Waals surface area contributed by atoms with E-state index in [1.54, 1.807) is 6.92 Å². The summed E-state index contributed by atoms with van der Waals surface area (Å²) < 4.78 is 4.46. The number of anilines is 1. The predicted molar refractivity (Wildman–Crippen MR) is 59.5 cm³/mol. The summed E-state index contributed by atoms with van der Waals surface area (Å²) in [5.74, 6) is -0.349. The minimum Gasteiger partial charge on any atom is -0.273 e. The molecule has 0 unspecified atom stereocenters. The van der Waals surface area contributed by atoms with Crippen molar-refractivity contribution in [2.45, 2.75) is 13.3 Å². The first-order valence-electron chi connectivity index (χ1n) is 5.02. The number of fused-ring (bicyclic) bond motifs is 1. The van der Waals surface area contributed by atoms with Crippen molar-refractivity contribution in [2.75, 3.05) is 5.43 Å². The second-order valence-electron chi connectivity index (χ2n) is 3.32. The Bertz CT molecular complexity index is 608. The number of nitrogens with one attached hydrogen (secondary N) is 1. The number of nitrogens with zero attached hydrogens (tertiary/aromatic N) is 4. The molecule has 1 radical (unpaired) electrons. The number of rotatable bonds is 4. The van der Waals surface area contributed by atoms with Crippen LogP contribution in [0, 0.1) is 10.1 Å². The summed E-state index contributed by atoms with van der Waals surface area (Å²) in [5, 5.41) is 17.7. The molecule has 2 rings (SSSR count). The zero-order valence-electron chi connectivity index (χ0n) is 9.28. The van der Waals surface area contributed by atoms with E-state index in [2.05, 4.69) is 25.8 Å². The lowest BCUT2D eigenvalue weighted by molar-refractivity contribution is -0.383. The molecule has 1 heterocycles. The second kappa shape index (κ2) is 4.65. The fourth-order valence-electron chi connectivity index (χ4n) is 1.29. The van der Waals surface area contributed by atoms with Gasteiger partial charge >= 0.3 is 5.69 Å². The molecule has 1 aromatic heterocycles. The van der Waals surface area contributed by atoms with Crippen LogP contribution in [-0.2, 0) is 4.79 Å². The van der Waals surface area contributed by atoms with Crippen molar-refractivity contribution < 1.29 is 14.3 Å². The molecular formula is C9H8N5O4. The van der Waals surface area contributed by atoms with Crippen LogP contribution in [0.3, 0.4) is 0 Å². The number of nitro groups is 1. The zero-order chi connectivity index (χ0) is 13.1. The van der Waals surface area contributed by atoms with Crippen LogP contribution in [0.1, 0.15) is 13.3 Å². The van der Waals surface area contributed by atoms with E-state index in [4.69, 9.17) is 0 Å². The smallest absolute Gasteiger partial charge is 0.273 e. The number of carbonyl (C=O) groups is 1. The Morgan fingerprint density at radius 1 is 1.50 bits per heavy atom. The number of amides is 1. The van der Waals surface area contributed by atoms with Crippen LogP contribution in [0.15, 0.2) is 16.8 Å². The maximum absolute atomic E-state index is 11.0. The first kappa shape index (κ1) is 11.8. The zero-order valence-corrected chi connectivity index (χ0v) is 9.28. The number of aromatic nitrogens is 2. The number of hydrogen-bond acceptors (Lipinski definition) is 7. The average molecular weight is 250 g/mol. The van der Waals surface area contributed by atoms with Crippen molar-refractivity contribution in [2.24, 2.45) is 0 Å². The van der Waals surface area contributed by atoms with Crippen LogP contribution < -0.4 is 10.9 Å².